The van der Waals surface area contributed by atoms with E-state index in [1.807, 2.05) is 36.7 Å². The van der Waals surface area contributed by atoms with Crippen molar-refractivity contribution in [1.29, 1.82) is 0 Å². The number of benzene rings is 2. The number of anilines is 1. The van der Waals surface area contributed by atoms with Gasteiger partial charge in [-0.1, -0.05) is 18.2 Å². The number of hydrogen-bond acceptors (Lipinski definition) is 4. The largest absolute Gasteiger partial charge is 0.450 e. The standard InChI is InChI=1S/C23H23N3O2/c1-2-25-16-13-24-21(25)17-7-9-18(10-8-17)26-14-11-23(12-15-26)20-6-4-3-5-19(20)22(27)28-23/h3-10,13,16H,2,11-12,14-15H2,1H3. The Morgan fingerprint density at radius 1 is 1.07 bits per heavy atom. The van der Waals surface area contributed by atoms with Crippen LogP contribution in [-0.2, 0) is 16.9 Å². The van der Waals surface area contributed by atoms with Crippen LogP contribution in [0, 0.1) is 0 Å². The maximum atomic E-state index is 12.2. The molecule has 28 heavy (non-hydrogen) atoms. The van der Waals surface area contributed by atoms with E-state index >= 15 is 0 Å². The molecule has 0 N–H and O–H groups in total. The van der Waals surface area contributed by atoms with E-state index < -0.39 is 5.60 Å². The Balaban J connectivity index is 1.33. The molecule has 2 aliphatic rings. The van der Waals surface area contributed by atoms with Crippen LogP contribution < -0.4 is 4.90 Å². The van der Waals surface area contributed by atoms with Crippen molar-refractivity contribution in [3.05, 3.63) is 72.1 Å². The van der Waals surface area contributed by atoms with Gasteiger partial charge in [-0.25, -0.2) is 9.78 Å². The third kappa shape index (κ3) is 2.61. The third-order valence-corrected chi connectivity index (χ3v) is 6.04. The van der Waals surface area contributed by atoms with Crippen LogP contribution in [0.1, 0.15) is 35.7 Å². The van der Waals surface area contributed by atoms with Gasteiger partial charge < -0.3 is 14.2 Å². The van der Waals surface area contributed by atoms with Crippen LogP contribution in [0.5, 0.6) is 0 Å². The summed E-state index contributed by atoms with van der Waals surface area (Å²) in [4.78, 5) is 19.1. The lowest BCUT2D eigenvalue weighted by atomic mass is 9.83. The minimum Gasteiger partial charge on any atom is -0.450 e. The summed E-state index contributed by atoms with van der Waals surface area (Å²) in [6, 6.07) is 16.4. The number of ether oxygens (including phenoxy) is 1. The van der Waals surface area contributed by atoms with Gasteiger partial charge in [0.25, 0.3) is 0 Å². The zero-order chi connectivity index (χ0) is 19.1. The van der Waals surface area contributed by atoms with Gasteiger partial charge in [0.2, 0.25) is 0 Å². The summed E-state index contributed by atoms with van der Waals surface area (Å²) in [6.07, 6.45) is 5.49. The highest BCUT2D eigenvalue weighted by atomic mass is 16.6. The van der Waals surface area contributed by atoms with Crippen molar-refractivity contribution >= 4 is 11.7 Å². The molecule has 3 heterocycles. The number of aryl methyl sites for hydroxylation is 1. The van der Waals surface area contributed by atoms with Crippen LogP contribution in [-0.4, -0.2) is 28.6 Å². The minimum absolute atomic E-state index is 0.181. The monoisotopic (exact) mass is 373 g/mol. The molecular weight excluding hydrogens is 350 g/mol. The zero-order valence-electron chi connectivity index (χ0n) is 16.0. The molecule has 0 unspecified atom stereocenters. The number of hydrogen-bond donors (Lipinski definition) is 0. The molecule has 2 aliphatic heterocycles. The van der Waals surface area contributed by atoms with E-state index in [9.17, 15) is 4.79 Å². The highest BCUT2D eigenvalue weighted by Crippen LogP contribution is 2.44. The van der Waals surface area contributed by atoms with Crippen molar-refractivity contribution in [3.63, 3.8) is 0 Å². The second kappa shape index (κ2) is 6.51. The Morgan fingerprint density at radius 2 is 1.82 bits per heavy atom. The van der Waals surface area contributed by atoms with Gasteiger partial charge in [0.1, 0.15) is 11.4 Å². The number of piperidine rings is 1. The number of carbonyl (C=O) groups excluding carboxylic acids is 1. The molecule has 3 aromatic rings. The van der Waals surface area contributed by atoms with Gasteiger partial charge in [0, 0.05) is 61.7 Å². The van der Waals surface area contributed by atoms with Crippen molar-refractivity contribution in [2.75, 3.05) is 18.0 Å². The van der Waals surface area contributed by atoms with Crippen molar-refractivity contribution in [2.24, 2.45) is 0 Å². The average Bonchev–Trinajstić information content (AvgIpc) is 3.33. The predicted octanol–water partition coefficient (Wildman–Crippen LogP) is 4.24. The number of aromatic nitrogens is 2. The molecule has 0 radical (unpaired) electrons. The number of carbonyl (C=O) groups is 1. The van der Waals surface area contributed by atoms with Crippen LogP contribution in [0.2, 0.25) is 0 Å². The lowest BCUT2D eigenvalue weighted by Gasteiger charge is -2.39. The highest BCUT2D eigenvalue weighted by molar-refractivity contribution is 5.94. The van der Waals surface area contributed by atoms with Crippen LogP contribution in [0.25, 0.3) is 11.4 Å². The Morgan fingerprint density at radius 3 is 2.57 bits per heavy atom. The summed E-state index contributed by atoms with van der Waals surface area (Å²) in [5.41, 5.74) is 3.66. The molecule has 0 atom stereocenters. The van der Waals surface area contributed by atoms with E-state index in [4.69, 9.17) is 4.74 Å². The quantitative estimate of drug-likeness (QED) is 0.645. The fourth-order valence-electron chi connectivity index (χ4n) is 4.49. The normalized spacial score (nSPS) is 17.6. The summed E-state index contributed by atoms with van der Waals surface area (Å²) in [5.74, 6) is 0.820. The molecule has 0 aliphatic carbocycles. The Labute approximate surface area is 164 Å². The number of esters is 1. The maximum absolute atomic E-state index is 12.2. The number of nitrogens with zero attached hydrogens (tertiary/aromatic N) is 3. The van der Waals surface area contributed by atoms with E-state index in [0.29, 0.717) is 0 Å². The van der Waals surface area contributed by atoms with Gasteiger partial charge in [0.15, 0.2) is 0 Å². The van der Waals surface area contributed by atoms with Crippen molar-refractivity contribution in [1.82, 2.24) is 9.55 Å². The van der Waals surface area contributed by atoms with Crippen molar-refractivity contribution in [2.45, 2.75) is 31.9 Å². The van der Waals surface area contributed by atoms with E-state index in [1.54, 1.807) is 0 Å². The molecule has 1 fully saturated rings. The number of fused-ring (bicyclic) bond motifs is 2. The summed E-state index contributed by atoms with van der Waals surface area (Å²) in [5, 5.41) is 0. The molecule has 1 spiro atoms. The second-order valence-corrected chi connectivity index (χ2v) is 7.50. The Hall–Kier alpha value is -3.08. The predicted molar refractivity (Wildman–Crippen MR) is 108 cm³/mol. The SMILES string of the molecule is CCn1ccnc1-c1ccc(N2CCC3(CC2)OC(=O)c2ccccc23)cc1. The minimum atomic E-state index is -0.448. The molecular formula is C23H23N3O2. The van der Waals surface area contributed by atoms with Gasteiger partial charge in [-0.05, 0) is 37.3 Å². The topological polar surface area (TPSA) is 47.4 Å². The van der Waals surface area contributed by atoms with Gasteiger partial charge >= 0.3 is 5.97 Å². The average molecular weight is 373 g/mol. The second-order valence-electron chi connectivity index (χ2n) is 7.50. The summed E-state index contributed by atoms with van der Waals surface area (Å²) in [6.45, 7) is 4.76. The van der Waals surface area contributed by atoms with Crippen LogP contribution in [0.4, 0.5) is 5.69 Å². The summed E-state index contributed by atoms with van der Waals surface area (Å²) in [7, 11) is 0. The molecule has 0 amide bonds. The van der Waals surface area contributed by atoms with Gasteiger partial charge in [-0.15, -0.1) is 0 Å². The first kappa shape index (κ1) is 17.0. The van der Waals surface area contributed by atoms with Crippen molar-refractivity contribution in [3.8, 4) is 11.4 Å². The van der Waals surface area contributed by atoms with E-state index in [2.05, 4.69) is 45.6 Å². The Kier molecular flexibility index (Phi) is 3.97. The molecule has 1 saturated heterocycles. The van der Waals surface area contributed by atoms with Gasteiger partial charge in [-0.3, -0.25) is 0 Å². The van der Waals surface area contributed by atoms with Crippen molar-refractivity contribution < 1.29 is 9.53 Å². The van der Waals surface area contributed by atoms with Gasteiger partial charge in [0.05, 0.1) is 5.56 Å². The fourth-order valence-corrected chi connectivity index (χ4v) is 4.49. The van der Waals surface area contributed by atoms with E-state index in [0.717, 1.165) is 55.0 Å². The third-order valence-electron chi connectivity index (χ3n) is 6.04. The molecule has 0 bridgehead atoms. The molecule has 0 saturated carbocycles. The lowest BCUT2D eigenvalue weighted by Crippen LogP contribution is -2.42. The summed E-state index contributed by atoms with van der Waals surface area (Å²) < 4.78 is 8.01. The first-order valence-corrected chi connectivity index (χ1v) is 9.89. The first-order chi connectivity index (χ1) is 13.7. The Bertz CT molecular complexity index is 1010. The fraction of sp³-hybridized carbons (Fsp3) is 0.304. The van der Waals surface area contributed by atoms with E-state index in [1.165, 1.54) is 5.69 Å². The molecule has 1 aromatic heterocycles. The number of rotatable bonds is 3. The first-order valence-electron chi connectivity index (χ1n) is 9.89. The smallest absolute Gasteiger partial charge is 0.339 e. The molecule has 5 heteroatoms. The van der Waals surface area contributed by atoms with Gasteiger partial charge in [-0.2, -0.15) is 0 Å². The number of imidazole rings is 1. The molecule has 5 rings (SSSR count). The van der Waals surface area contributed by atoms with E-state index in [-0.39, 0.29) is 5.97 Å². The van der Waals surface area contributed by atoms with Crippen LogP contribution in [0.15, 0.2) is 60.9 Å². The molecule has 2 aromatic carbocycles. The summed E-state index contributed by atoms with van der Waals surface area (Å²) >= 11 is 0. The molecule has 142 valence electrons. The maximum Gasteiger partial charge on any atom is 0.339 e. The van der Waals surface area contributed by atoms with Crippen LogP contribution >= 0.6 is 0 Å². The zero-order valence-corrected chi connectivity index (χ0v) is 16.0. The highest BCUT2D eigenvalue weighted by Gasteiger charge is 2.47. The lowest BCUT2D eigenvalue weighted by molar-refractivity contribution is -0.0210. The van der Waals surface area contributed by atoms with Crippen LogP contribution in [0.3, 0.4) is 0 Å². The molecule has 5 nitrogen and oxygen atoms in total.